The first-order valence-electron chi connectivity index (χ1n) is 10.6. The minimum atomic E-state index is 0.202. The molecule has 1 saturated carbocycles. The summed E-state index contributed by atoms with van der Waals surface area (Å²) in [5, 5.41) is 8.00. The molecule has 1 N–H and O–H groups in total. The van der Waals surface area contributed by atoms with E-state index in [2.05, 4.69) is 15.0 Å². The van der Waals surface area contributed by atoms with E-state index in [1.54, 1.807) is 0 Å². The van der Waals surface area contributed by atoms with Crippen LogP contribution in [-0.2, 0) is 24.2 Å². The van der Waals surface area contributed by atoms with E-state index in [0.29, 0.717) is 18.9 Å². The van der Waals surface area contributed by atoms with Crippen LogP contribution in [0.1, 0.15) is 62.6 Å². The van der Waals surface area contributed by atoms with Gasteiger partial charge in [0.05, 0.1) is 12.2 Å². The third-order valence-electron chi connectivity index (χ3n) is 6.01. The zero-order valence-electron chi connectivity index (χ0n) is 16.1. The van der Waals surface area contributed by atoms with Crippen molar-refractivity contribution in [1.29, 1.82) is 0 Å². The highest BCUT2D eigenvalue weighted by molar-refractivity contribution is 5.76. The largest absolute Gasteiger partial charge is 0.354 e. The van der Waals surface area contributed by atoms with E-state index in [1.165, 1.54) is 56.2 Å². The average Bonchev–Trinajstić information content (AvgIpc) is 3.08. The number of fused-ring (bicyclic) bond motifs is 1. The van der Waals surface area contributed by atoms with Crippen molar-refractivity contribution >= 4 is 5.91 Å². The number of amides is 1. The third kappa shape index (κ3) is 4.40. The number of rotatable bonds is 6. The molecule has 0 unspecified atom stereocenters. The fourth-order valence-corrected chi connectivity index (χ4v) is 4.59. The summed E-state index contributed by atoms with van der Waals surface area (Å²) >= 11 is 0. The minimum Gasteiger partial charge on any atom is -0.354 e. The summed E-state index contributed by atoms with van der Waals surface area (Å²) in [6, 6.07) is 5.99. The Labute approximate surface area is 161 Å². The molecule has 0 atom stereocenters. The van der Waals surface area contributed by atoms with Crippen molar-refractivity contribution in [3.05, 3.63) is 35.7 Å². The van der Waals surface area contributed by atoms with Crippen LogP contribution in [0.4, 0.5) is 0 Å². The van der Waals surface area contributed by atoms with Crippen LogP contribution < -0.4 is 5.32 Å². The first-order valence-corrected chi connectivity index (χ1v) is 10.6. The summed E-state index contributed by atoms with van der Waals surface area (Å²) in [7, 11) is 0. The van der Waals surface area contributed by atoms with Gasteiger partial charge in [-0.25, -0.2) is 0 Å². The number of hydrogen-bond acceptors (Lipinski definition) is 3. The van der Waals surface area contributed by atoms with Gasteiger partial charge in [0.15, 0.2) is 0 Å². The van der Waals surface area contributed by atoms with E-state index < -0.39 is 0 Å². The second-order valence-electron chi connectivity index (χ2n) is 7.98. The molecule has 0 radical (unpaired) electrons. The molecule has 27 heavy (non-hydrogen) atoms. The predicted octanol–water partition coefficient (Wildman–Crippen LogP) is 3.91. The van der Waals surface area contributed by atoms with Crippen molar-refractivity contribution in [1.82, 2.24) is 20.1 Å². The van der Waals surface area contributed by atoms with Gasteiger partial charge in [-0.1, -0.05) is 25.3 Å². The maximum Gasteiger partial charge on any atom is 0.220 e. The maximum absolute atomic E-state index is 12.3. The van der Waals surface area contributed by atoms with Gasteiger partial charge < -0.3 is 5.32 Å². The highest BCUT2D eigenvalue weighted by Crippen LogP contribution is 2.30. The van der Waals surface area contributed by atoms with Gasteiger partial charge in [-0.3, -0.25) is 14.5 Å². The van der Waals surface area contributed by atoms with Crippen LogP contribution in [0.15, 0.2) is 24.4 Å². The van der Waals surface area contributed by atoms with Crippen molar-refractivity contribution in [2.75, 3.05) is 6.54 Å². The van der Waals surface area contributed by atoms with Crippen molar-refractivity contribution in [2.24, 2.45) is 5.92 Å². The molecule has 4 rings (SSSR count). The first kappa shape index (κ1) is 18.2. The van der Waals surface area contributed by atoms with Crippen molar-refractivity contribution in [3.63, 3.8) is 0 Å². The summed E-state index contributed by atoms with van der Waals surface area (Å²) in [6.45, 7) is 1.40. The molecule has 0 aliphatic heterocycles. The van der Waals surface area contributed by atoms with Gasteiger partial charge in [-0.2, -0.15) is 5.10 Å². The van der Waals surface area contributed by atoms with Crippen molar-refractivity contribution in [3.8, 4) is 11.4 Å². The number of aromatic nitrogens is 3. The molecule has 2 aliphatic rings. The maximum atomic E-state index is 12.3. The second kappa shape index (κ2) is 8.68. The van der Waals surface area contributed by atoms with Crippen LogP contribution in [0.3, 0.4) is 0 Å². The quantitative estimate of drug-likeness (QED) is 0.843. The van der Waals surface area contributed by atoms with Crippen molar-refractivity contribution < 1.29 is 4.79 Å². The lowest BCUT2D eigenvalue weighted by Gasteiger charge is -2.21. The molecular weight excluding hydrogens is 336 g/mol. The molecule has 144 valence electrons. The van der Waals surface area contributed by atoms with Gasteiger partial charge in [0, 0.05) is 30.4 Å². The average molecular weight is 367 g/mol. The van der Waals surface area contributed by atoms with Gasteiger partial charge in [0.1, 0.15) is 5.69 Å². The second-order valence-corrected chi connectivity index (χ2v) is 7.98. The first-order chi connectivity index (χ1) is 13.3. The fourth-order valence-electron chi connectivity index (χ4n) is 4.59. The number of carbonyl (C=O) groups is 1. The summed E-state index contributed by atoms with van der Waals surface area (Å²) in [6.07, 6.45) is 13.4. The van der Waals surface area contributed by atoms with E-state index in [4.69, 9.17) is 5.10 Å². The summed E-state index contributed by atoms with van der Waals surface area (Å²) in [5.41, 5.74) is 4.67. The number of nitrogens with one attached hydrogen (secondary N) is 1. The Morgan fingerprint density at radius 3 is 2.78 bits per heavy atom. The standard InChI is InChI=1S/C22H30N4O/c27-21(16-17-8-2-1-3-9-17)24-14-15-26-20-12-5-4-10-18(20)22(25-26)19-11-6-7-13-23-19/h6-7,11,13,17H,1-5,8-10,12,14-16H2,(H,24,27). The topological polar surface area (TPSA) is 59.8 Å². The van der Waals surface area contributed by atoms with E-state index in [-0.39, 0.29) is 5.91 Å². The molecule has 0 saturated heterocycles. The zero-order chi connectivity index (χ0) is 18.5. The molecule has 1 amide bonds. The van der Waals surface area contributed by atoms with Crippen LogP contribution in [0.2, 0.25) is 0 Å². The molecule has 2 aromatic rings. The molecule has 5 nitrogen and oxygen atoms in total. The zero-order valence-corrected chi connectivity index (χ0v) is 16.1. The Bertz CT molecular complexity index is 762. The number of nitrogens with zero attached hydrogens (tertiary/aromatic N) is 3. The lowest BCUT2D eigenvalue weighted by Crippen LogP contribution is -2.30. The van der Waals surface area contributed by atoms with Crippen LogP contribution in [0.25, 0.3) is 11.4 Å². The third-order valence-corrected chi connectivity index (χ3v) is 6.01. The molecular formula is C22H30N4O. The smallest absolute Gasteiger partial charge is 0.220 e. The Balaban J connectivity index is 1.39. The molecule has 2 aliphatic carbocycles. The molecule has 0 spiro atoms. The highest BCUT2D eigenvalue weighted by atomic mass is 16.1. The lowest BCUT2D eigenvalue weighted by atomic mass is 9.87. The number of carbonyl (C=O) groups excluding carboxylic acids is 1. The van der Waals surface area contributed by atoms with Crippen molar-refractivity contribution in [2.45, 2.75) is 70.8 Å². The van der Waals surface area contributed by atoms with Gasteiger partial charge in [-0.05, 0) is 56.6 Å². The van der Waals surface area contributed by atoms with Gasteiger partial charge in [0.2, 0.25) is 5.91 Å². The lowest BCUT2D eigenvalue weighted by molar-refractivity contribution is -0.122. The Morgan fingerprint density at radius 2 is 1.96 bits per heavy atom. The van der Waals surface area contributed by atoms with E-state index in [0.717, 1.165) is 30.8 Å². The Morgan fingerprint density at radius 1 is 1.11 bits per heavy atom. The van der Waals surface area contributed by atoms with Crippen LogP contribution in [0, 0.1) is 5.92 Å². The van der Waals surface area contributed by atoms with Gasteiger partial charge in [0.25, 0.3) is 0 Å². The number of hydrogen-bond donors (Lipinski definition) is 1. The van der Waals surface area contributed by atoms with E-state index in [1.807, 2.05) is 24.4 Å². The summed E-state index contributed by atoms with van der Waals surface area (Å²) in [4.78, 5) is 16.8. The van der Waals surface area contributed by atoms with E-state index >= 15 is 0 Å². The fraction of sp³-hybridized carbons (Fsp3) is 0.591. The van der Waals surface area contributed by atoms with Crippen LogP contribution in [-0.4, -0.2) is 27.2 Å². The SMILES string of the molecule is O=C(CC1CCCCC1)NCCn1nc(-c2ccccn2)c2c1CCCC2. The molecule has 2 heterocycles. The molecule has 5 heteroatoms. The van der Waals surface area contributed by atoms with Gasteiger partial charge in [-0.15, -0.1) is 0 Å². The highest BCUT2D eigenvalue weighted by Gasteiger charge is 2.22. The Hall–Kier alpha value is -2.17. The molecule has 2 aromatic heterocycles. The van der Waals surface area contributed by atoms with E-state index in [9.17, 15) is 4.79 Å². The van der Waals surface area contributed by atoms with Gasteiger partial charge >= 0.3 is 0 Å². The minimum absolute atomic E-state index is 0.202. The molecule has 1 fully saturated rings. The Kier molecular flexibility index (Phi) is 5.85. The monoisotopic (exact) mass is 366 g/mol. The number of pyridine rings is 1. The predicted molar refractivity (Wildman–Crippen MR) is 106 cm³/mol. The molecule has 0 bridgehead atoms. The van der Waals surface area contributed by atoms with Crippen LogP contribution >= 0.6 is 0 Å². The summed E-state index contributed by atoms with van der Waals surface area (Å²) in [5.74, 6) is 0.792. The molecule has 0 aromatic carbocycles. The normalized spacial score (nSPS) is 17.5. The van der Waals surface area contributed by atoms with Crippen LogP contribution in [0.5, 0.6) is 0 Å². The summed E-state index contributed by atoms with van der Waals surface area (Å²) < 4.78 is 2.11.